The van der Waals surface area contributed by atoms with Gasteiger partial charge in [-0.25, -0.2) is 0 Å². The molecule has 0 spiro atoms. The number of ether oxygens (including phenoxy) is 2. The molecule has 8 heteroatoms. The van der Waals surface area contributed by atoms with Crippen molar-refractivity contribution in [2.45, 2.75) is 19.4 Å². The molecule has 0 aliphatic carbocycles. The van der Waals surface area contributed by atoms with Crippen molar-refractivity contribution in [1.82, 2.24) is 10.2 Å². The van der Waals surface area contributed by atoms with E-state index in [9.17, 15) is 4.79 Å². The first-order chi connectivity index (χ1) is 13.6. The van der Waals surface area contributed by atoms with Crippen LogP contribution < -0.4 is 10.1 Å². The second kappa shape index (κ2) is 10.2. The molecule has 2 heterocycles. The SMILES string of the molecule is CCCOc1c(Cl)cc(C(=O)NC[C@H](c2ccco2)N2CCOCC2)cc1Cl. The molecule has 28 heavy (non-hydrogen) atoms. The van der Waals surface area contributed by atoms with E-state index in [2.05, 4.69) is 10.2 Å². The molecule has 2 aromatic rings. The molecule has 1 aliphatic rings. The Kier molecular flexibility index (Phi) is 7.62. The largest absolute Gasteiger partial charge is 0.490 e. The second-order valence-electron chi connectivity index (χ2n) is 6.51. The van der Waals surface area contributed by atoms with Crippen LogP contribution in [0.15, 0.2) is 34.9 Å². The molecule has 0 saturated carbocycles. The maximum absolute atomic E-state index is 12.7. The Hall–Kier alpha value is -1.73. The monoisotopic (exact) mass is 426 g/mol. The number of nitrogens with zero attached hydrogens (tertiary/aromatic N) is 1. The topological polar surface area (TPSA) is 63.9 Å². The standard InChI is InChI=1S/C20H24Cl2N2O4/c1-2-7-28-19-15(21)11-14(12-16(19)22)20(25)23-13-17(18-4-3-8-27-18)24-5-9-26-10-6-24/h3-4,8,11-12,17H,2,5-7,9-10,13H2,1H3,(H,23,25)/t17-/m1/s1. The van der Waals surface area contributed by atoms with Crippen LogP contribution in [0, 0.1) is 0 Å². The van der Waals surface area contributed by atoms with Gasteiger partial charge in [0.15, 0.2) is 5.75 Å². The maximum Gasteiger partial charge on any atom is 0.251 e. The Morgan fingerprint density at radius 1 is 1.29 bits per heavy atom. The van der Waals surface area contributed by atoms with Crippen LogP contribution in [0.5, 0.6) is 5.75 Å². The van der Waals surface area contributed by atoms with Gasteiger partial charge in [0.1, 0.15) is 5.76 Å². The number of benzene rings is 1. The number of amides is 1. The van der Waals surface area contributed by atoms with Crippen molar-refractivity contribution in [2.24, 2.45) is 0 Å². The van der Waals surface area contributed by atoms with Crippen molar-refractivity contribution in [3.8, 4) is 5.75 Å². The molecule has 1 aromatic heterocycles. The normalized spacial score (nSPS) is 16.0. The van der Waals surface area contributed by atoms with Gasteiger partial charge in [0.2, 0.25) is 0 Å². The van der Waals surface area contributed by atoms with Crippen molar-refractivity contribution < 1.29 is 18.7 Å². The van der Waals surface area contributed by atoms with Crippen LogP contribution in [0.2, 0.25) is 10.0 Å². The highest BCUT2D eigenvalue weighted by Crippen LogP contribution is 2.34. The molecule has 1 atom stereocenters. The number of carbonyl (C=O) groups is 1. The van der Waals surface area contributed by atoms with Crippen LogP contribution in [0.4, 0.5) is 0 Å². The lowest BCUT2D eigenvalue weighted by molar-refractivity contribution is 0.0118. The van der Waals surface area contributed by atoms with E-state index in [4.69, 9.17) is 37.1 Å². The van der Waals surface area contributed by atoms with E-state index in [-0.39, 0.29) is 11.9 Å². The fraction of sp³-hybridized carbons (Fsp3) is 0.450. The summed E-state index contributed by atoms with van der Waals surface area (Å²) in [5.74, 6) is 0.959. The molecule has 1 N–H and O–H groups in total. The number of furan rings is 1. The van der Waals surface area contributed by atoms with Crippen LogP contribution in [-0.2, 0) is 4.74 Å². The van der Waals surface area contributed by atoms with Gasteiger partial charge in [-0.1, -0.05) is 30.1 Å². The molecule has 0 bridgehead atoms. The Balaban J connectivity index is 1.69. The Morgan fingerprint density at radius 2 is 2.00 bits per heavy atom. The summed E-state index contributed by atoms with van der Waals surface area (Å²) in [5.41, 5.74) is 0.388. The predicted molar refractivity (Wildman–Crippen MR) is 108 cm³/mol. The van der Waals surface area contributed by atoms with Gasteiger partial charge >= 0.3 is 0 Å². The Bertz CT molecular complexity index is 754. The average Bonchev–Trinajstić information content (AvgIpc) is 3.22. The van der Waals surface area contributed by atoms with Crippen molar-refractivity contribution in [3.63, 3.8) is 0 Å². The van der Waals surface area contributed by atoms with Crippen LogP contribution in [0.1, 0.15) is 35.5 Å². The van der Waals surface area contributed by atoms with Gasteiger partial charge in [-0.05, 0) is 30.7 Å². The van der Waals surface area contributed by atoms with Crippen molar-refractivity contribution in [3.05, 3.63) is 51.9 Å². The summed E-state index contributed by atoms with van der Waals surface area (Å²) in [7, 11) is 0. The lowest BCUT2D eigenvalue weighted by atomic mass is 10.1. The molecule has 0 unspecified atom stereocenters. The zero-order chi connectivity index (χ0) is 19.9. The first-order valence-electron chi connectivity index (χ1n) is 9.35. The molecule has 1 amide bonds. The van der Waals surface area contributed by atoms with E-state index in [1.807, 2.05) is 19.1 Å². The van der Waals surface area contributed by atoms with E-state index in [0.29, 0.717) is 47.7 Å². The van der Waals surface area contributed by atoms with E-state index in [1.165, 1.54) is 0 Å². The molecule has 6 nitrogen and oxygen atoms in total. The third-order valence-corrected chi connectivity index (χ3v) is 5.09. The summed E-state index contributed by atoms with van der Waals surface area (Å²) in [5, 5.41) is 3.60. The smallest absolute Gasteiger partial charge is 0.251 e. The zero-order valence-corrected chi connectivity index (χ0v) is 17.3. The number of nitrogens with one attached hydrogen (secondary N) is 1. The minimum Gasteiger partial charge on any atom is -0.490 e. The highest BCUT2D eigenvalue weighted by Gasteiger charge is 2.25. The van der Waals surface area contributed by atoms with Gasteiger partial charge in [0, 0.05) is 25.2 Å². The van der Waals surface area contributed by atoms with Crippen molar-refractivity contribution in [2.75, 3.05) is 39.5 Å². The minimum atomic E-state index is -0.254. The van der Waals surface area contributed by atoms with E-state index < -0.39 is 0 Å². The number of rotatable bonds is 8. The molecular weight excluding hydrogens is 403 g/mol. The quantitative estimate of drug-likeness (QED) is 0.685. The molecule has 152 valence electrons. The lowest BCUT2D eigenvalue weighted by Gasteiger charge is -2.33. The van der Waals surface area contributed by atoms with E-state index in [1.54, 1.807) is 18.4 Å². The minimum absolute atomic E-state index is 0.0686. The highest BCUT2D eigenvalue weighted by atomic mass is 35.5. The average molecular weight is 427 g/mol. The predicted octanol–water partition coefficient (Wildman–Crippen LogP) is 4.18. The third kappa shape index (κ3) is 5.20. The summed E-state index contributed by atoms with van der Waals surface area (Å²) in [6, 6.07) is 6.84. The lowest BCUT2D eigenvalue weighted by Crippen LogP contribution is -2.43. The summed E-state index contributed by atoms with van der Waals surface area (Å²) >= 11 is 12.5. The van der Waals surface area contributed by atoms with Gasteiger partial charge in [-0.15, -0.1) is 0 Å². The summed E-state index contributed by atoms with van der Waals surface area (Å²) in [6.45, 7) is 5.79. The number of hydrogen-bond donors (Lipinski definition) is 1. The first-order valence-corrected chi connectivity index (χ1v) is 10.1. The molecule has 3 rings (SSSR count). The molecule has 0 radical (unpaired) electrons. The summed E-state index contributed by atoms with van der Waals surface area (Å²) in [4.78, 5) is 14.9. The van der Waals surface area contributed by atoms with Crippen LogP contribution in [0.25, 0.3) is 0 Å². The Labute approximate surface area is 174 Å². The number of halogens is 2. The van der Waals surface area contributed by atoms with Crippen LogP contribution in [0.3, 0.4) is 0 Å². The third-order valence-electron chi connectivity index (χ3n) is 4.53. The molecule has 1 fully saturated rings. The maximum atomic E-state index is 12.7. The number of hydrogen-bond acceptors (Lipinski definition) is 5. The molecule has 1 aromatic carbocycles. The summed E-state index contributed by atoms with van der Waals surface area (Å²) in [6.07, 6.45) is 2.48. The van der Waals surface area contributed by atoms with Gasteiger partial charge < -0.3 is 19.2 Å². The van der Waals surface area contributed by atoms with Gasteiger partial charge in [0.05, 0.1) is 42.2 Å². The second-order valence-corrected chi connectivity index (χ2v) is 7.32. The Morgan fingerprint density at radius 3 is 2.61 bits per heavy atom. The van der Waals surface area contributed by atoms with Crippen LogP contribution >= 0.6 is 23.2 Å². The fourth-order valence-electron chi connectivity index (χ4n) is 3.10. The first kappa shape index (κ1) is 21.0. The summed E-state index contributed by atoms with van der Waals surface area (Å²) < 4.78 is 16.6. The van der Waals surface area contributed by atoms with Gasteiger partial charge in [-0.3, -0.25) is 9.69 Å². The zero-order valence-electron chi connectivity index (χ0n) is 15.7. The number of morpholine rings is 1. The molecule has 1 aliphatic heterocycles. The molecule has 1 saturated heterocycles. The number of carbonyl (C=O) groups excluding carboxylic acids is 1. The van der Waals surface area contributed by atoms with Crippen molar-refractivity contribution >= 4 is 29.1 Å². The van der Waals surface area contributed by atoms with Crippen molar-refractivity contribution in [1.29, 1.82) is 0 Å². The van der Waals surface area contributed by atoms with Gasteiger partial charge in [-0.2, -0.15) is 0 Å². The highest BCUT2D eigenvalue weighted by molar-refractivity contribution is 6.37. The van der Waals surface area contributed by atoms with Crippen LogP contribution in [-0.4, -0.2) is 50.3 Å². The fourth-order valence-corrected chi connectivity index (χ4v) is 3.70. The van der Waals surface area contributed by atoms with E-state index in [0.717, 1.165) is 25.3 Å². The van der Waals surface area contributed by atoms with Gasteiger partial charge in [0.25, 0.3) is 5.91 Å². The molecular formula is C20H24Cl2N2O4. The van der Waals surface area contributed by atoms with E-state index >= 15 is 0 Å².